The van der Waals surface area contributed by atoms with Gasteiger partial charge in [-0.05, 0) is 52.0 Å². The monoisotopic (exact) mass is 348 g/mol. The predicted octanol–water partition coefficient (Wildman–Crippen LogP) is 4.86. The maximum atomic E-state index is 12.5. The van der Waals surface area contributed by atoms with Crippen LogP contribution in [-0.2, 0) is 20.7 Å². The summed E-state index contributed by atoms with van der Waals surface area (Å²) in [6, 6.07) is 9.86. The van der Waals surface area contributed by atoms with Crippen LogP contribution < -0.4 is 0 Å². The fourth-order valence-electron chi connectivity index (χ4n) is 2.84. The van der Waals surface area contributed by atoms with Gasteiger partial charge in [0, 0.05) is 0 Å². The molecule has 0 amide bonds. The van der Waals surface area contributed by atoms with E-state index in [0.717, 1.165) is 18.4 Å². The average Bonchev–Trinajstić information content (AvgIpc) is 2.53. The van der Waals surface area contributed by atoms with Crippen molar-refractivity contribution in [2.75, 3.05) is 0 Å². The smallest absolute Gasteiger partial charge is 0.309 e. The summed E-state index contributed by atoms with van der Waals surface area (Å²) in [5, 5.41) is 9.59. The number of benzene rings is 1. The number of carboxylic acids is 1. The molecule has 0 saturated heterocycles. The average molecular weight is 348 g/mol. The number of carboxylic acid groups (broad SMARTS) is 1. The van der Waals surface area contributed by atoms with Crippen molar-refractivity contribution in [3.05, 3.63) is 35.9 Å². The highest BCUT2D eigenvalue weighted by molar-refractivity contribution is 5.75. The van der Waals surface area contributed by atoms with E-state index in [9.17, 15) is 14.7 Å². The Balaban J connectivity index is 2.74. The van der Waals surface area contributed by atoms with Gasteiger partial charge in [0.15, 0.2) is 0 Å². The topological polar surface area (TPSA) is 63.6 Å². The van der Waals surface area contributed by atoms with Crippen molar-refractivity contribution in [2.24, 2.45) is 11.8 Å². The number of ether oxygens (including phenoxy) is 1. The van der Waals surface area contributed by atoms with Crippen LogP contribution in [0, 0.1) is 11.8 Å². The Hall–Kier alpha value is -1.84. The third kappa shape index (κ3) is 8.71. The first kappa shape index (κ1) is 21.2. The number of unbranched alkanes of at least 4 members (excludes halogenated alkanes) is 1. The number of rotatable bonds is 10. The molecule has 0 heterocycles. The summed E-state index contributed by atoms with van der Waals surface area (Å²) < 4.78 is 5.51. The van der Waals surface area contributed by atoms with Crippen LogP contribution in [0.25, 0.3) is 0 Å². The standard InChI is InChI=1S/C21H32O4/c1-5-6-12-18(20(24)25-21(2,3)4)15-17(19(22)23)14-13-16-10-8-7-9-11-16/h7-11,17-18H,5-6,12-15H2,1-4H3,(H,22,23)/t17-,18-/m0/s1. The molecule has 25 heavy (non-hydrogen) atoms. The van der Waals surface area contributed by atoms with Gasteiger partial charge in [-0.25, -0.2) is 0 Å². The molecule has 0 radical (unpaired) electrons. The lowest BCUT2D eigenvalue weighted by Crippen LogP contribution is -2.31. The van der Waals surface area contributed by atoms with Crippen molar-refractivity contribution in [2.45, 2.75) is 71.8 Å². The number of esters is 1. The van der Waals surface area contributed by atoms with E-state index in [1.54, 1.807) is 0 Å². The zero-order chi connectivity index (χ0) is 18.9. The minimum absolute atomic E-state index is 0.271. The summed E-state index contributed by atoms with van der Waals surface area (Å²) in [7, 11) is 0. The summed E-state index contributed by atoms with van der Waals surface area (Å²) in [5.74, 6) is -1.99. The first-order valence-corrected chi connectivity index (χ1v) is 9.22. The lowest BCUT2D eigenvalue weighted by Gasteiger charge is -2.25. The van der Waals surface area contributed by atoms with Crippen molar-refractivity contribution < 1.29 is 19.4 Å². The van der Waals surface area contributed by atoms with Gasteiger partial charge < -0.3 is 9.84 Å². The Bertz CT molecular complexity index is 531. The van der Waals surface area contributed by atoms with Crippen molar-refractivity contribution in [1.82, 2.24) is 0 Å². The van der Waals surface area contributed by atoms with Gasteiger partial charge >= 0.3 is 11.9 Å². The third-order valence-corrected chi connectivity index (χ3v) is 4.19. The van der Waals surface area contributed by atoms with E-state index in [1.165, 1.54) is 0 Å². The zero-order valence-corrected chi connectivity index (χ0v) is 16.0. The predicted molar refractivity (Wildman–Crippen MR) is 99.4 cm³/mol. The normalized spacial score (nSPS) is 13.9. The van der Waals surface area contributed by atoms with Gasteiger partial charge in [0.05, 0.1) is 11.8 Å². The summed E-state index contributed by atoms with van der Waals surface area (Å²) in [6.07, 6.45) is 4.13. The molecule has 0 saturated carbocycles. The molecule has 4 nitrogen and oxygen atoms in total. The van der Waals surface area contributed by atoms with Crippen LogP contribution >= 0.6 is 0 Å². The lowest BCUT2D eigenvalue weighted by atomic mass is 9.87. The van der Waals surface area contributed by atoms with Gasteiger partial charge in [0.25, 0.3) is 0 Å². The second kappa shape index (κ2) is 10.2. The summed E-state index contributed by atoms with van der Waals surface area (Å²) in [5.41, 5.74) is 0.570. The van der Waals surface area contributed by atoms with E-state index in [0.29, 0.717) is 25.7 Å². The Morgan fingerprint density at radius 2 is 1.72 bits per heavy atom. The van der Waals surface area contributed by atoms with Crippen LogP contribution in [0.4, 0.5) is 0 Å². The van der Waals surface area contributed by atoms with Gasteiger partial charge in [-0.2, -0.15) is 0 Å². The molecule has 0 aliphatic rings. The van der Waals surface area contributed by atoms with Crippen molar-refractivity contribution in [3.63, 3.8) is 0 Å². The molecule has 1 N–H and O–H groups in total. The Labute approximate surface area is 151 Å². The molecule has 0 aliphatic carbocycles. The van der Waals surface area contributed by atoms with Gasteiger partial charge in [0.1, 0.15) is 5.60 Å². The molecule has 1 aromatic carbocycles. The van der Waals surface area contributed by atoms with E-state index in [1.807, 2.05) is 51.1 Å². The minimum atomic E-state index is -0.832. The summed E-state index contributed by atoms with van der Waals surface area (Å²) >= 11 is 0. The molecule has 0 aliphatic heterocycles. The molecular weight excluding hydrogens is 316 g/mol. The maximum Gasteiger partial charge on any atom is 0.309 e. The summed E-state index contributed by atoms with van der Waals surface area (Å²) in [6.45, 7) is 7.58. The SMILES string of the molecule is CCCC[C@@H](C[C@H](CCc1ccccc1)C(=O)O)C(=O)OC(C)(C)C. The van der Waals surface area contributed by atoms with Crippen LogP contribution in [0.5, 0.6) is 0 Å². The van der Waals surface area contributed by atoms with Crippen LogP contribution in [0.2, 0.25) is 0 Å². The molecule has 1 aromatic rings. The number of carbonyl (C=O) groups excluding carboxylic acids is 1. The molecule has 0 bridgehead atoms. The Morgan fingerprint density at radius 3 is 2.24 bits per heavy atom. The molecule has 0 unspecified atom stereocenters. The highest BCUT2D eigenvalue weighted by Gasteiger charge is 2.30. The molecule has 1 rings (SSSR count). The van der Waals surface area contributed by atoms with Crippen LogP contribution in [0.15, 0.2) is 30.3 Å². The summed E-state index contributed by atoms with van der Waals surface area (Å²) in [4.78, 5) is 24.2. The number of carbonyl (C=O) groups is 2. The Morgan fingerprint density at radius 1 is 1.08 bits per heavy atom. The van der Waals surface area contributed by atoms with E-state index >= 15 is 0 Å². The quantitative estimate of drug-likeness (QED) is 0.613. The van der Waals surface area contributed by atoms with Crippen molar-refractivity contribution in [3.8, 4) is 0 Å². The lowest BCUT2D eigenvalue weighted by molar-refractivity contribution is -0.161. The number of aliphatic carboxylic acids is 1. The molecule has 0 aromatic heterocycles. The second-order valence-corrected chi connectivity index (χ2v) is 7.67. The number of hydrogen-bond acceptors (Lipinski definition) is 3. The van der Waals surface area contributed by atoms with Gasteiger partial charge in [0.2, 0.25) is 0 Å². The fraction of sp³-hybridized carbons (Fsp3) is 0.619. The van der Waals surface area contributed by atoms with Crippen LogP contribution in [0.3, 0.4) is 0 Å². The highest BCUT2D eigenvalue weighted by atomic mass is 16.6. The number of hydrogen-bond donors (Lipinski definition) is 1. The zero-order valence-electron chi connectivity index (χ0n) is 16.0. The molecule has 2 atom stereocenters. The molecule has 140 valence electrons. The van der Waals surface area contributed by atoms with Gasteiger partial charge in [-0.1, -0.05) is 50.1 Å². The molecule has 4 heteroatoms. The Kier molecular flexibility index (Phi) is 8.67. The first-order chi connectivity index (χ1) is 11.7. The third-order valence-electron chi connectivity index (χ3n) is 4.19. The van der Waals surface area contributed by atoms with Crippen LogP contribution in [-0.4, -0.2) is 22.6 Å². The second-order valence-electron chi connectivity index (χ2n) is 7.67. The van der Waals surface area contributed by atoms with E-state index in [-0.39, 0.29) is 11.9 Å². The van der Waals surface area contributed by atoms with Crippen molar-refractivity contribution >= 4 is 11.9 Å². The fourth-order valence-corrected chi connectivity index (χ4v) is 2.84. The first-order valence-electron chi connectivity index (χ1n) is 9.22. The largest absolute Gasteiger partial charge is 0.481 e. The van der Waals surface area contributed by atoms with E-state index < -0.39 is 17.5 Å². The van der Waals surface area contributed by atoms with E-state index in [2.05, 4.69) is 6.92 Å². The van der Waals surface area contributed by atoms with E-state index in [4.69, 9.17) is 4.74 Å². The van der Waals surface area contributed by atoms with Gasteiger partial charge in [-0.3, -0.25) is 9.59 Å². The molecule has 0 fully saturated rings. The minimum Gasteiger partial charge on any atom is -0.481 e. The van der Waals surface area contributed by atoms with Crippen LogP contribution in [0.1, 0.15) is 65.4 Å². The molecular formula is C21H32O4. The van der Waals surface area contributed by atoms with Crippen molar-refractivity contribution in [1.29, 1.82) is 0 Å². The number of aryl methyl sites for hydroxylation is 1. The molecule has 0 spiro atoms. The maximum absolute atomic E-state index is 12.5. The highest BCUT2D eigenvalue weighted by Crippen LogP contribution is 2.25. The van der Waals surface area contributed by atoms with Gasteiger partial charge in [-0.15, -0.1) is 0 Å².